The Morgan fingerprint density at radius 3 is 2.96 bits per heavy atom. The number of nitrogens with zero attached hydrogens (tertiary/aromatic N) is 6. The molecule has 2 aliphatic heterocycles. The lowest BCUT2D eigenvalue weighted by Crippen LogP contribution is -2.40. The number of hydrogen-bond donors (Lipinski definition) is 1. The maximum absolute atomic E-state index is 11.5. The Kier molecular flexibility index (Phi) is 5.30. The van der Waals surface area contributed by atoms with Gasteiger partial charge in [0, 0.05) is 31.4 Å². The third-order valence-electron chi connectivity index (χ3n) is 5.78. The third kappa shape index (κ3) is 3.87. The monoisotopic (exact) mass is 383 g/mol. The van der Waals surface area contributed by atoms with E-state index in [1.54, 1.807) is 0 Å². The molecule has 0 aliphatic carbocycles. The average molecular weight is 384 g/mol. The number of nitrogens with two attached hydrogens (primary N) is 1. The maximum atomic E-state index is 11.5. The first-order chi connectivity index (χ1) is 13.5. The molecule has 0 unspecified atom stereocenters. The van der Waals surface area contributed by atoms with Crippen molar-refractivity contribution in [3.8, 4) is 0 Å². The summed E-state index contributed by atoms with van der Waals surface area (Å²) in [5, 5.41) is 4.80. The molecule has 8 nitrogen and oxygen atoms in total. The number of aromatic nitrogens is 4. The van der Waals surface area contributed by atoms with Crippen LogP contribution in [0.2, 0.25) is 0 Å². The van der Waals surface area contributed by atoms with Crippen LogP contribution in [0.15, 0.2) is 12.3 Å². The van der Waals surface area contributed by atoms with E-state index in [0.29, 0.717) is 0 Å². The number of likely N-dealkylation sites (tertiary alicyclic amines) is 1. The Labute approximate surface area is 165 Å². The number of amides is 1. The van der Waals surface area contributed by atoms with Gasteiger partial charge in [-0.15, -0.1) is 0 Å². The number of hydrogen-bond acceptors (Lipinski definition) is 6. The number of primary amides is 1. The molecule has 0 aromatic carbocycles. The third-order valence-corrected chi connectivity index (χ3v) is 5.78. The second-order valence-corrected chi connectivity index (χ2v) is 7.87. The van der Waals surface area contributed by atoms with Gasteiger partial charge in [-0.25, -0.2) is 9.97 Å². The van der Waals surface area contributed by atoms with Gasteiger partial charge in [-0.2, -0.15) is 5.10 Å². The zero-order valence-electron chi connectivity index (χ0n) is 16.8. The molecule has 0 bridgehead atoms. The summed E-state index contributed by atoms with van der Waals surface area (Å²) >= 11 is 0. The fourth-order valence-electron chi connectivity index (χ4n) is 4.25. The standard InChI is InChI=1S/C20H29N7O/c1-3-15-10-22-14(2)23-20(15)26-7-8-27-18(13-26)9-17(24-27)12-25-6-4-5-16(11-25)19(21)28/h9-10,16H,3-8,11-13H2,1-2H3,(H2,21,28)/t16-/m0/s1. The molecule has 0 spiro atoms. The molecule has 150 valence electrons. The highest BCUT2D eigenvalue weighted by atomic mass is 16.1. The smallest absolute Gasteiger partial charge is 0.221 e. The first kappa shape index (κ1) is 18.9. The van der Waals surface area contributed by atoms with Crippen LogP contribution < -0.4 is 10.6 Å². The van der Waals surface area contributed by atoms with Gasteiger partial charge in [0.05, 0.1) is 30.4 Å². The van der Waals surface area contributed by atoms with Crippen molar-refractivity contribution >= 4 is 11.7 Å². The molecule has 4 heterocycles. The second-order valence-electron chi connectivity index (χ2n) is 7.87. The summed E-state index contributed by atoms with van der Waals surface area (Å²) in [5.74, 6) is 1.64. The van der Waals surface area contributed by atoms with E-state index in [1.165, 1.54) is 11.3 Å². The van der Waals surface area contributed by atoms with Crippen molar-refractivity contribution in [1.82, 2.24) is 24.6 Å². The SMILES string of the molecule is CCc1cnc(C)nc1N1CCn2nc(CN3CCC[C@H](C(N)=O)C3)cc2C1. The molecule has 2 N–H and O–H groups in total. The van der Waals surface area contributed by atoms with Crippen LogP contribution in [0.1, 0.15) is 42.5 Å². The zero-order valence-corrected chi connectivity index (χ0v) is 16.8. The lowest BCUT2D eigenvalue weighted by Gasteiger charge is -2.30. The molecular weight excluding hydrogens is 354 g/mol. The molecule has 1 saturated heterocycles. The molecule has 4 rings (SSSR count). The van der Waals surface area contributed by atoms with E-state index in [4.69, 9.17) is 15.8 Å². The molecule has 2 aromatic rings. The molecule has 8 heteroatoms. The Morgan fingerprint density at radius 1 is 1.32 bits per heavy atom. The molecule has 0 radical (unpaired) electrons. The molecule has 1 amide bonds. The highest BCUT2D eigenvalue weighted by Crippen LogP contribution is 2.24. The minimum absolute atomic E-state index is 0.0325. The molecule has 1 atom stereocenters. The Hall–Kier alpha value is -2.48. The quantitative estimate of drug-likeness (QED) is 0.836. The van der Waals surface area contributed by atoms with Crippen molar-refractivity contribution in [3.63, 3.8) is 0 Å². The first-order valence-electron chi connectivity index (χ1n) is 10.2. The number of piperidine rings is 1. The minimum Gasteiger partial charge on any atom is -0.369 e. The van der Waals surface area contributed by atoms with Crippen molar-refractivity contribution in [2.75, 3.05) is 24.5 Å². The number of rotatable bonds is 5. The number of carbonyl (C=O) groups excluding carboxylic acids is 1. The van der Waals surface area contributed by atoms with Gasteiger partial charge >= 0.3 is 0 Å². The number of aryl methyl sites for hydroxylation is 2. The van der Waals surface area contributed by atoms with E-state index >= 15 is 0 Å². The van der Waals surface area contributed by atoms with Crippen LogP contribution >= 0.6 is 0 Å². The molecule has 0 saturated carbocycles. The van der Waals surface area contributed by atoms with Crippen LogP contribution in [-0.2, 0) is 30.8 Å². The van der Waals surface area contributed by atoms with Gasteiger partial charge in [-0.1, -0.05) is 6.92 Å². The summed E-state index contributed by atoms with van der Waals surface area (Å²) in [6, 6.07) is 2.19. The van der Waals surface area contributed by atoms with E-state index in [1.807, 2.05) is 13.1 Å². The van der Waals surface area contributed by atoms with Gasteiger partial charge in [0.25, 0.3) is 0 Å². The highest BCUT2D eigenvalue weighted by molar-refractivity contribution is 5.76. The summed E-state index contributed by atoms with van der Waals surface area (Å²) in [7, 11) is 0. The summed E-state index contributed by atoms with van der Waals surface area (Å²) in [4.78, 5) is 25.2. The molecular formula is C20H29N7O. The topological polar surface area (TPSA) is 93.2 Å². The van der Waals surface area contributed by atoms with Crippen LogP contribution in [0.5, 0.6) is 0 Å². The lowest BCUT2D eigenvalue weighted by molar-refractivity contribution is -0.123. The average Bonchev–Trinajstić information content (AvgIpc) is 3.09. The van der Waals surface area contributed by atoms with Crippen molar-refractivity contribution in [2.45, 2.75) is 52.7 Å². The summed E-state index contributed by atoms with van der Waals surface area (Å²) in [5.41, 5.74) is 8.97. The van der Waals surface area contributed by atoms with Crippen molar-refractivity contribution < 1.29 is 4.79 Å². The van der Waals surface area contributed by atoms with E-state index in [9.17, 15) is 4.79 Å². The predicted octanol–water partition coefficient (Wildman–Crippen LogP) is 1.26. The molecule has 2 aromatic heterocycles. The second kappa shape index (κ2) is 7.87. The molecule has 28 heavy (non-hydrogen) atoms. The summed E-state index contributed by atoms with van der Waals surface area (Å²) in [6.45, 7) is 9.14. The Morgan fingerprint density at radius 2 is 2.18 bits per heavy atom. The van der Waals surface area contributed by atoms with Crippen molar-refractivity contribution in [2.24, 2.45) is 11.7 Å². The predicted molar refractivity (Wildman–Crippen MR) is 107 cm³/mol. The van der Waals surface area contributed by atoms with Crippen LogP contribution in [0.4, 0.5) is 5.82 Å². The van der Waals surface area contributed by atoms with Gasteiger partial charge in [0.15, 0.2) is 0 Å². The van der Waals surface area contributed by atoms with Crippen molar-refractivity contribution in [3.05, 3.63) is 35.0 Å². The minimum atomic E-state index is -0.184. The first-order valence-corrected chi connectivity index (χ1v) is 10.2. The van der Waals surface area contributed by atoms with E-state index in [-0.39, 0.29) is 11.8 Å². The number of anilines is 1. The van der Waals surface area contributed by atoms with Crippen LogP contribution in [0, 0.1) is 12.8 Å². The number of fused-ring (bicyclic) bond motifs is 1. The van der Waals surface area contributed by atoms with Crippen LogP contribution in [0.25, 0.3) is 0 Å². The van der Waals surface area contributed by atoms with Crippen molar-refractivity contribution in [1.29, 1.82) is 0 Å². The lowest BCUT2D eigenvalue weighted by atomic mass is 9.97. The van der Waals surface area contributed by atoms with E-state index < -0.39 is 0 Å². The van der Waals surface area contributed by atoms with Gasteiger partial charge in [0.2, 0.25) is 5.91 Å². The molecule has 2 aliphatic rings. The largest absolute Gasteiger partial charge is 0.369 e. The summed E-state index contributed by atoms with van der Waals surface area (Å²) < 4.78 is 2.11. The number of carbonyl (C=O) groups is 1. The summed E-state index contributed by atoms with van der Waals surface area (Å²) in [6.07, 6.45) is 4.79. The van der Waals surface area contributed by atoms with Gasteiger partial charge in [-0.05, 0) is 38.8 Å². The van der Waals surface area contributed by atoms with Gasteiger partial charge < -0.3 is 10.6 Å². The molecule has 1 fully saturated rings. The normalized spacial score (nSPS) is 20.2. The Balaban J connectivity index is 1.47. The fourth-order valence-corrected chi connectivity index (χ4v) is 4.25. The van der Waals surface area contributed by atoms with Gasteiger partial charge in [0.1, 0.15) is 11.6 Å². The zero-order chi connectivity index (χ0) is 19.7. The van der Waals surface area contributed by atoms with E-state index in [2.05, 4.69) is 32.5 Å². The fraction of sp³-hybridized carbons (Fsp3) is 0.600. The highest BCUT2D eigenvalue weighted by Gasteiger charge is 2.26. The Bertz CT molecular complexity index is 862. The van der Waals surface area contributed by atoms with Crippen LogP contribution in [-0.4, -0.2) is 50.2 Å². The van der Waals surface area contributed by atoms with Gasteiger partial charge in [-0.3, -0.25) is 14.4 Å². The van der Waals surface area contributed by atoms with E-state index in [0.717, 1.165) is 75.9 Å². The van der Waals surface area contributed by atoms with Crippen LogP contribution in [0.3, 0.4) is 0 Å². The maximum Gasteiger partial charge on any atom is 0.221 e.